The smallest absolute Gasteiger partial charge is 0.258 e. The van der Waals surface area contributed by atoms with E-state index in [4.69, 9.17) is 9.47 Å². The average Bonchev–Trinajstić information content (AvgIpc) is 3.31. The molecule has 37 heavy (non-hydrogen) atoms. The van der Waals surface area contributed by atoms with Gasteiger partial charge in [-0.1, -0.05) is 36.4 Å². The molecule has 4 aromatic rings. The van der Waals surface area contributed by atoms with Crippen LogP contribution in [0.15, 0.2) is 79.0 Å². The predicted molar refractivity (Wildman–Crippen MR) is 142 cm³/mol. The lowest BCUT2D eigenvalue weighted by atomic mass is 10.0. The SMILES string of the molecule is COc1ccccc1CN(CC(Cc1c[nH]c2ccccc12)NC(=O)COc1ccc(F)cc1)C(C)=O.[HH]. The van der Waals surface area contributed by atoms with E-state index in [1.807, 2.05) is 54.7 Å². The van der Waals surface area contributed by atoms with Crippen molar-refractivity contribution < 1.29 is 24.9 Å². The first kappa shape index (κ1) is 25.8. The molecule has 0 aliphatic rings. The maximum atomic E-state index is 13.2. The Morgan fingerprint density at radius 1 is 1.03 bits per heavy atom. The second-order valence-corrected chi connectivity index (χ2v) is 8.78. The minimum atomic E-state index is -0.387. The number of para-hydroxylation sites is 2. The van der Waals surface area contributed by atoms with Crippen LogP contribution in [-0.2, 0) is 22.6 Å². The van der Waals surface area contributed by atoms with Gasteiger partial charge in [0.1, 0.15) is 17.3 Å². The molecule has 0 fully saturated rings. The van der Waals surface area contributed by atoms with Gasteiger partial charge in [-0.15, -0.1) is 0 Å². The van der Waals surface area contributed by atoms with Gasteiger partial charge >= 0.3 is 0 Å². The molecule has 3 aromatic carbocycles. The monoisotopic (exact) mass is 505 g/mol. The van der Waals surface area contributed by atoms with Gasteiger partial charge in [0.15, 0.2) is 6.61 Å². The molecule has 0 saturated heterocycles. The Labute approximate surface area is 216 Å². The lowest BCUT2D eigenvalue weighted by Crippen LogP contribution is -2.47. The van der Waals surface area contributed by atoms with Gasteiger partial charge in [-0.25, -0.2) is 4.39 Å². The molecule has 0 spiro atoms. The number of carbonyl (C=O) groups excluding carboxylic acids is 2. The van der Waals surface area contributed by atoms with Crippen LogP contribution in [0, 0.1) is 5.82 Å². The van der Waals surface area contributed by atoms with Gasteiger partial charge in [-0.3, -0.25) is 9.59 Å². The highest BCUT2D eigenvalue weighted by Crippen LogP contribution is 2.22. The Morgan fingerprint density at radius 2 is 1.76 bits per heavy atom. The van der Waals surface area contributed by atoms with E-state index in [9.17, 15) is 14.0 Å². The predicted octanol–water partition coefficient (Wildman–Crippen LogP) is 4.72. The lowest BCUT2D eigenvalue weighted by Gasteiger charge is -2.28. The molecule has 2 amide bonds. The van der Waals surface area contributed by atoms with Gasteiger partial charge in [0.2, 0.25) is 5.91 Å². The Bertz CT molecular complexity index is 1360. The number of benzene rings is 3. The number of H-pyrrole nitrogens is 1. The summed E-state index contributed by atoms with van der Waals surface area (Å²) in [6, 6.07) is 20.6. The molecule has 0 radical (unpaired) electrons. The van der Waals surface area contributed by atoms with Gasteiger partial charge in [-0.2, -0.15) is 0 Å². The van der Waals surface area contributed by atoms with Gasteiger partial charge in [0, 0.05) is 44.1 Å². The van der Waals surface area contributed by atoms with Crippen LogP contribution in [0.5, 0.6) is 11.5 Å². The van der Waals surface area contributed by atoms with E-state index in [0.29, 0.717) is 24.5 Å². The summed E-state index contributed by atoms with van der Waals surface area (Å²) in [5.74, 6) is 0.251. The second kappa shape index (κ2) is 12.1. The van der Waals surface area contributed by atoms with Crippen molar-refractivity contribution in [3.63, 3.8) is 0 Å². The largest absolute Gasteiger partial charge is 0.496 e. The number of hydrogen-bond donors (Lipinski definition) is 2. The van der Waals surface area contributed by atoms with Gasteiger partial charge in [0.05, 0.1) is 13.2 Å². The lowest BCUT2D eigenvalue weighted by molar-refractivity contribution is -0.131. The zero-order valence-electron chi connectivity index (χ0n) is 20.9. The van der Waals surface area contributed by atoms with Crippen LogP contribution >= 0.6 is 0 Å². The first-order chi connectivity index (χ1) is 17.9. The van der Waals surface area contributed by atoms with E-state index in [0.717, 1.165) is 22.0 Å². The maximum Gasteiger partial charge on any atom is 0.258 e. The molecule has 0 saturated carbocycles. The summed E-state index contributed by atoms with van der Waals surface area (Å²) in [5.41, 5.74) is 2.90. The summed E-state index contributed by atoms with van der Waals surface area (Å²) in [6.45, 7) is 1.90. The van der Waals surface area contributed by atoms with Crippen LogP contribution < -0.4 is 14.8 Å². The van der Waals surface area contributed by atoms with E-state index in [2.05, 4.69) is 10.3 Å². The van der Waals surface area contributed by atoms with Crippen molar-refractivity contribution in [2.75, 3.05) is 20.3 Å². The topological polar surface area (TPSA) is 83.7 Å². The summed E-state index contributed by atoms with van der Waals surface area (Å²) in [4.78, 5) is 30.4. The summed E-state index contributed by atoms with van der Waals surface area (Å²) in [6.07, 6.45) is 2.43. The Morgan fingerprint density at radius 3 is 2.51 bits per heavy atom. The van der Waals surface area contributed by atoms with Crippen molar-refractivity contribution in [3.05, 3.63) is 95.9 Å². The number of aromatic amines is 1. The molecular weight excluding hydrogens is 473 g/mol. The van der Waals surface area contributed by atoms with Gasteiger partial charge in [-0.05, 0) is 48.4 Å². The molecular formula is C29H32FN3O4. The maximum absolute atomic E-state index is 13.2. The summed E-state index contributed by atoms with van der Waals surface area (Å²) in [5, 5.41) is 4.08. The van der Waals surface area contributed by atoms with E-state index < -0.39 is 0 Å². The number of rotatable bonds is 11. The van der Waals surface area contributed by atoms with Crippen LogP contribution in [-0.4, -0.2) is 48.0 Å². The number of hydrogen-bond acceptors (Lipinski definition) is 4. The van der Waals surface area contributed by atoms with Crippen molar-refractivity contribution in [2.24, 2.45) is 0 Å². The highest BCUT2D eigenvalue weighted by atomic mass is 19.1. The molecule has 7 nitrogen and oxygen atoms in total. The molecule has 0 bridgehead atoms. The Hall–Kier alpha value is -4.33. The van der Waals surface area contributed by atoms with E-state index in [1.165, 1.54) is 31.2 Å². The first-order valence-corrected chi connectivity index (χ1v) is 12.0. The number of methoxy groups -OCH3 is 1. The second-order valence-electron chi connectivity index (χ2n) is 8.78. The molecule has 4 rings (SSSR count). The normalized spacial score (nSPS) is 11.6. The number of aromatic nitrogens is 1. The number of ether oxygens (including phenoxy) is 2. The average molecular weight is 506 g/mol. The fraction of sp³-hybridized carbons (Fsp3) is 0.241. The van der Waals surface area contributed by atoms with Crippen molar-refractivity contribution in [3.8, 4) is 11.5 Å². The Balaban J connectivity index is 0.00000400. The van der Waals surface area contributed by atoms with E-state index in [1.54, 1.807) is 12.0 Å². The third kappa shape index (κ3) is 6.88. The Kier molecular flexibility index (Phi) is 8.40. The minimum Gasteiger partial charge on any atom is -0.496 e. The standard InChI is InChI=1S/C29H30FN3O4.H2/c1-20(34)33(17-21-7-3-6-10-28(21)36-2)18-24(15-22-16-31-27-9-5-4-8-26(22)27)32-29(35)19-37-25-13-11-23(30)12-14-25;/h3-14,16,24,31H,15,17-19H2,1-2H3,(H,32,35);1H. The van der Waals surface area contributed by atoms with Crippen molar-refractivity contribution in [1.82, 2.24) is 15.2 Å². The highest BCUT2D eigenvalue weighted by molar-refractivity contribution is 5.83. The van der Waals surface area contributed by atoms with Crippen molar-refractivity contribution in [2.45, 2.75) is 25.9 Å². The van der Waals surface area contributed by atoms with Crippen LogP contribution in [0.2, 0.25) is 0 Å². The number of nitrogens with one attached hydrogen (secondary N) is 2. The van der Waals surface area contributed by atoms with E-state index >= 15 is 0 Å². The number of fused-ring (bicyclic) bond motifs is 1. The number of halogens is 1. The molecule has 2 N–H and O–H groups in total. The molecule has 1 atom stereocenters. The quantitative estimate of drug-likeness (QED) is 0.309. The summed E-state index contributed by atoms with van der Waals surface area (Å²) < 4.78 is 24.1. The fourth-order valence-corrected chi connectivity index (χ4v) is 4.29. The van der Waals surface area contributed by atoms with Gasteiger partial charge in [0.25, 0.3) is 5.91 Å². The summed E-state index contributed by atoms with van der Waals surface area (Å²) in [7, 11) is 1.60. The number of amides is 2. The molecule has 194 valence electrons. The third-order valence-electron chi connectivity index (χ3n) is 6.13. The van der Waals surface area contributed by atoms with Crippen molar-refractivity contribution in [1.29, 1.82) is 0 Å². The van der Waals surface area contributed by atoms with Crippen LogP contribution in [0.4, 0.5) is 4.39 Å². The molecule has 1 heterocycles. The van der Waals surface area contributed by atoms with E-state index in [-0.39, 0.29) is 38.3 Å². The van der Waals surface area contributed by atoms with Crippen LogP contribution in [0.3, 0.4) is 0 Å². The third-order valence-corrected chi connectivity index (χ3v) is 6.13. The highest BCUT2D eigenvalue weighted by Gasteiger charge is 2.22. The fourth-order valence-electron chi connectivity index (χ4n) is 4.29. The zero-order valence-corrected chi connectivity index (χ0v) is 20.9. The molecule has 1 aromatic heterocycles. The molecule has 0 aliphatic heterocycles. The molecule has 0 aliphatic carbocycles. The number of nitrogens with zero attached hydrogens (tertiary/aromatic N) is 1. The molecule has 8 heteroatoms. The zero-order chi connectivity index (χ0) is 26.2. The van der Waals surface area contributed by atoms with Crippen LogP contribution in [0.25, 0.3) is 10.9 Å². The first-order valence-electron chi connectivity index (χ1n) is 12.0. The minimum absolute atomic E-state index is 0. The van der Waals surface area contributed by atoms with Crippen molar-refractivity contribution >= 4 is 22.7 Å². The van der Waals surface area contributed by atoms with Gasteiger partial charge < -0.3 is 24.7 Å². The molecule has 1 unspecified atom stereocenters. The summed E-state index contributed by atoms with van der Waals surface area (Å²) >= 11 is 0. The number of carbonyl (C=O) groups is 2. The van der Waals surface area contributed by atoms with Crippen LogP contribution in [0.1, 0.15) is 19.5 Å².